The molecule has 1 atom stereocenters. The number of nitrogens with zero attached hydrogens (tertiary/aromatic N) is 1. The maximum absolute atomic E-state index is 6.15. The lowest BCUT2D eigenvalue weighted by Gasteiger charge is -2.08. The van der Waals surface area contributed by atoms with E-state index < -0.39 is 0 Å². The van der Waals surface area contributed by atoms with Crippen molar-refractivity contribution in [2.24, 2.45) is 5.73 Å². The van der Waals surface area contributed by atoms with Crippen molar-refractivity contribution in [3.05, 3.63) is 66.5 Å². The summed E-state index contributed by atoms with van der Waals surface area (Å²) in [7, 11) is 0. The first-order valence-electron chi connectivity index (χ1n) is 6.18. The molecule has 2 aromatic heterocycles. The van der Waals surface area contributed by atoms with E-state index in [-0.39, 0.29) is 6.04 Å². The van der Waals surface area contributed by atoms with Gasteiger partial charge in [0.25, 0.3) is 0 Å². The Labute approximate surface area is 107 Å². The third-order valence-corrected chi connectivity index (χ3v) is 3.26. The van der Waals surface area contributed by atoms with Crippen molar-refractivity contribution in [3.63, 3.8) is 0 Å². The molecule has 0 aliphatic rings. The highest BCUT2D eigenvalue weighted by molar-refractivity contribution is 5.77. The molecule has 0 radical (unpaired) electrons. The third kappa shape index (κ3) is 1.71. The molecule has 2 N–H and O–H groups in total. The van der Waals surface area contributed by atoms with Gasteiger partial charge in [0.2, 0.25) is 0 Å². The Balaban J connectivity index is 2.32. The Morgan fingerprint density at radius 3 is 2.44 bits per heavy atom. The van der Waals surface area contributed by atoms with Crippen molar-refractivity contribution >= 4 is 5.52 Å². The van der Waals surface area contributed by atoms with Gasteiger partial charge in [-0.25, -0.2) is 0 Å². The quantitative estimate of drug-likeness (QED) is 0.723. The molecule has 0 aliphatic carbocycles. The van der Waals surface area contributed by atoms with Crippen LogP contribution < -0.4 is 5.73 Å². The van der Waals surface area contributed by atoms with Crippen LogP contribution in [-0.4, -0.2) is 4.40 Å². The van der Waals surface area contributed by atoms with Crippen LogP contribution in [0.4, 0.5) is 0 Å². The van der Waals surface area contributed by atoms with Crippen LogP contribution in [0.5, 0.6) is 0 Å². The number of hydrogen-bond acceptors (Lipinski definition) is 1. The number of rotatable bonds is 2. The Morgan fingerprint density at radius 2 is 1.72 bits per heavy atom. The van der Waals surface area contributed by atoms with Crippen LogP contribution in [0.15, 0.2) is 60.9 Å². The van der Waals surface area contributed by atoms with Gasteiger partial charge in [0.15, 0.2) is 0 Å². The molecule has 0 aliphatic heterocycles. The van der Waals surface area contributed by atoms with Crippen molar-refractivity contribution in [1.29, 1.82) is 0 Å². The molecule has 0 saturated carbocycles. The topological polar surface area (TPSA) is 30.4 Å². The van der Waals surface area contributed by atoms with Crippen molar-refractivity contribution in [1.82, 2.24) is 4.40 Å². The fourth-order valence-electron chi connectivity index (χ4n) is 2.47. The molecule has 3 rings (SSSR count). The maximum atomic E-state index is 6.15. The second-order valence-electron chi connectivity index (χ2n) is 4.60. The molecule has 0 saturated heterocycles. The average Bonchev–Trinajstić information content (AvgIpc) is 2.79. The Kier molecular flexibility index (Phi) is 2.65. The van der Waals surface area contributed by atoms with Crippen molar-refractivity contribution in [2.75, 3.05) is 0 Å². The fraction of sp³-hybridized carbons (Fsp3) is 0.125. The predicted molar refractivity (Wildman–Crippen MR) is 75.4 cm³/mol. The van der Waals surface area contributed by atoms with Crippen LogP contribution in [0.1, 0.15) is 18.5 Å². The second kappa shape index (κ2) is 4.31. The standard InChI is InChI=1S/C16H16N2/c1-12(17)16-14(13-7-3-2-4-8-13)11-18-10-6-5-9-15(16)18/h2-12H,17H2,1H3. The van der Waals surface area contributed by atoms with Crippen LogP contribution in [0.25, 0.3) is 16.6 Å². The highest BCUT2D eigenvalue weighted by Gasteiger charge is 2.14. The summed E-state index contributed by atoms with van der Waals surface area (Å²) in [5, 5.41) is 0. The van der Waals surface area contributed by atoms with E-state index in [2.05, 4.69) is 53.2 Å². The lowest BCUT2D eigenvalue weighted by molar-refractivity contribution is 0.829. The normalized spacial score (nSPS) is 12.8. The van der Waals surface area contributed by atoms with Gasteiger partial charge < -0.3 is 10.1 Å². The van der Waals surface area contributed by atoms with E-state index in [4.69, 9.17) is 5.73 Å². The van der Waals surface area contributed by atoms with Gasteiger partial charge in [-0.3, -0.25) is 0 Å². The summed E-state index contributed by atoms with van der Waals surface area (Å²) in [6.07, 6.45) is 4.22. The summed E-state index contributed by atoms with van der Waals surface area (Å²) in [5.74, 6) is 0. The zero-order chi connectivity index (χ0) is 12.5. The van der Waals surface area contributed by atoms with Crippen LogP contribution in [0.3, 0.4) is 0 Å². The number of aromatic nitrogens is 1. The summed E-state index contributed by atoms with van der Waals surface area (Å²) < 4.78 is 2.14. The van der Waals surface area contributed by atoms with Gasteiger partial charge in [0.05, 0.1) is 5.52 Å². The molecule has 2 nitrogen and oxygen atoms in total. The molecular formula is C16H16N2. The van der Waals surface area contributed by atoms with E-state index in [0.29, 0.717) is 0 Å². The van der Waals surface area contributed by atoms with E-state index in [9.17, 15) is 0 Å². The smallest absolute Gasteiger partial charge is 0.0504 e. The molecule has 0 spiro atoms. The lowest BCUT2D eigenvalue weighted by atomic mass is 9.99. The molecule has 0 fully saturated rings. The minimum absolute atomic E-state index is 0.0209. The summed E-state index contributed by atoms with van der Waals surface area (Å²) in [6, 6.07) is 16.6. The van der Waals surface area contributed by atoms with Gasteiger partial charge in [-0.1, -0.05) is 36.4 Å². The number of pyridine rings is 1. The van der Waals surface area contributed by atoms with Crippen LogP contribution in [0, 0.1) is 0 Å². The van der Waals surface area contributed by atoms with Gasteiger partial charge in [0.1, 0.15) is 0 Å². The van der Waals surface area contributed by atoms with Gasteiger partial charge in [0, 0.05) is 29.6 Å². The largest absolute Gasteiger partial charge is 0.324 e. The number of nitrogens with two attached hydrogens (primary N) is 1. The molecule has 2 heteroatoms. The van der Waals surface area contributed by atoms with Gasteiger partial charge in [-0.15, -0.1) is 0 Å². The Morgan fingerprint density at radius 1 is 1.00 bits per heavy atom. The number of hydrogen-bond donors (Lipinski definition) is 1. The molecule has 2 heterocycles. The third-order valence-electron chi connectivity index (χ3n) is 3.26. The van der Waals surface area contributed by atoms with E-state index in [1.165, 1.54) is 22.2 Å². The van der Waals surface area contributed by atoms with Crippen LogP contribution in [0.2, 0.25) is 0 Å². The van der Waals surface area contributed by atoms with Gasteiger partial charge in [-0.2, -0.15) is 0 Å². The lowest BCUT2D eigenvalue weighted by Crippen LogP contribution is -2.05. The molecule has 18 heavy (non-hydrogen) atoms. The fourth-order valence-corrected chi connectivity index (χ4v) is 2.47. The first-order chi connectivity index (χ1) is 8.77. The summed E-state index contributed by atoms with van der Waals surface area (Å²) in [5.41, 5.74) is 11.0. The maximum Gasteiger partial charge on any atom is 0.0504 e. The highest BCUT2D eigenvalue weighted by Crippen LogP contribution is 2.32. The number of benzene rings is 1. The zero-order valence-electron chi connectivity index (χ0n) is 10.4. The SMILES string of the molecule is CC(N)c1c(-c2ccccc2)cn2ccccc12. The highest BCUT2D eigenvalue weighted by atomic mass is 14.9. The Bertz CT molecular complexity index is 666. The van der Waals surface area contributed by atoms with E-state index in [1.54, 1.807) is 0 Å². The van der Waals surface area contributed by atoms with Crippen molar-refractivity contribution < 1.29 is 0 Å². The van der Waals surface area contributed by atoms with Crippen molar-refractivity contribution in [2.45, 2.75) is 13.0 Å². The van der Waals surface area contributed by atoms with Crippen LogP contribution >= 0.6 is 0 Å². The summed E-state index contributed by atoms with van der Waals surface area (Å²) >= 11 is 0. The minimum atomic E-state index is 0.0209. The average molecular weight is 236 g/mol. The van der Waals surface area contributed by atoms with Crippen LogP contribution in [-0.2, 0) is 0 Å². The molecule has 1 unspecified atom stereocenters. The number of fused-ring (bicyclic) bond motifs is 1. The van der Waals surface area contributed by atoms with Gasteiger partial charge in [-0.05, 0) is 24.6 Å². The first-order valence-corrected chi connectivity index (χ1v) is 6.18. The first kappa shape index (κ1) is 11.1. The molecule has 3 aromatic rings. The van der Waals surface area contributed by atoms with E-state index in [1.807, 2.05) is 19.1 Å². The molecule has 90 valence electrons. The minimum Gasteiger partial charge on any atom is -0.324 e. The second-order valence-corrected chi connectivity index (χ2v) is 4.60. The monoisotopic (exact) mass is 236 g/mol. The molecular weight excluding hydrogens is 220 g/mol. The van der Waals surface area contributed by atoms with E-state index in [0.717, 1.165) is 0 Å². The van der Waals surface area contributed by atoms with E-state index >= 15 is 0 Å². The molecule has 0 amide bonds. The summed E-state index contributed by atoms with van der Waals surface area (Å²) in [4.78, 5) is 0. The zero-order valence-corrected chi connectivity index (χ0v) is 10.4. The predicted octanol–water partition coefficient (Wildman–Crippen LogP) is 3.63. The Hall–Kier alpha value is -2.06. The molecule has 0 bridgehead atoms. The summed E-state index contributed by atoms with van der Waals surface area (Å²) in [6.45, 7) is 2.04. The van der Waals surface area contributed by atoms with Gasteiger partial charge >= 0.3 is 0 Å². The van der Waals surface area contributed by atoms with Crippen molar-refractivity contribution in [3.8, 4) is 11.1 Å². The molecule has 1 aromatic carbocycles.